The molecule has 0 radical (unpaired) electrons. The molecule has 11 nitrogen and oxygen atoms in total. The molecule has 1 saturated heterocycles. The zero-order chi connectivity index (χ0) is 52.5. The number of hydrogen-bond acceptors (Lipinski definition) is 10. The number of ether oxygens (including phenoxy) is 3. The fraction of sp³-hybridized carbons (Fsp3) is 0.934. The number of hydrogen-bond donors (Lipinski definition) is 6. The highest BCUT2D eigenvalue weighted by molar-refractivity contribution is 5.80. The van der Waals surface area contributed by atoms with E-state index in [1.54, 1.807) is 6.08 Å². The number of amides is 1. The number of nitrogens with one attached hydrogen (secondary N) is 1. The summed E-state index contributed by atoms with van der Waals surface area (Å²) in [6.07, 6.45) is 45.4. The van der Waals surface area contributed by atoms with Gasteiger partial charge in [-0.3, -0.25) is 9.59 Å². The van der Waals surface area contributed by atoms with Crippen LogP contribution in [0.15, 0.2) is 12.2 Å². The highest BCUT2D eigenvalue weighted by Gasteiger charge is 2.47. The van der Waals surface area contributed by atoms with Crippen LogP contribution in [0.4, 0.5) is 0 Å². The van der Waals surface area contributed by atoms with Crippen LogP contribution in [0.1, 0.15) is 303 Å². The number of carbonyl (C=O) groups excluding carboxylic acids is 2. The number of allylic oxidation sites excluding steroid dienone is 1. The molecule has 11 heteroatoms. The van der Waals surface area contributed by atoms with Crippen LogP contribution < -0.4 is 5.32 Å². The fourth-order valence-electron chi connectivity index (χ4n) is 10.0. The Kier molecular flexibility index (Phi) is 47.7. The van der Waals surface area contributed by atoms with Gasteiger partial charge in [0.1, 0.15) is 24.4 Å². The molecule has 0 spiro atoms. The van der Waals surface area contributed by atoms with Crippen LogP contribution in [-0.4, -0.2) is 99.6 Å². The Balaban J connectivity index is 2.65. The topological polar surface area (TPSA) is 175 Å². The van der Waals surface area contributed by atoms with Gasteiger partial charge in [0.05, 0.1) is 25.4 Å². The quantitative estimate of drug-likeness (QED) is 0.0195. The van der Waals surface area contributed by atoms with Crippen LogP contribution in [-0.2, 0) is 23.8 Å². The van der Waals surface area contributed by atoms with Crippen molar-refractivity contribution in [2.24, 2.45) is 0 Å². The van der Waals surface area contributed by atoms with Crippen molar-refractivity contribution in [3.8, 4) is 0 Å². The van der Waals surface area contributed by atoms with E-state index in [2.05, 4.69) is 26.1 Å². The van der Waals surface area contributed by atoms with Gasteiger partial charge in [-0.25, -0.2) is 0 Å². The van der Waals surface area contributed by atoms with E-state index in [1.165, 1.54) is 199 Å². The van der Waals surface area contributed by atoms with E-state index in [4.69, 9.17) is 14.2 Å². The number of esters is 1. The molecule has 1 heterocycles. The average Bonchev–Trinajstić information content (AvgIpc) is 3.38. The Morgan fingerprint density at radius 3 is 1.31 bits per heavy atom. The molecule has 1 amide bonds. The van der Waals surface area contributed by atoms with Gasteiger partial charge in [-0.15, -0.1) is 0 Å². The third kappa shape index (κ3) is 38.0. The summed E-state index contributed by atoms with van der Waals surface area (Å²) in [5.74, 6) is -1.18. The lowest BCUT2D eigenvalue weighted by Gasteiger charge is -2.41. The predicted octanol–water partition coefficient (Wildman–Crippen LogP) is 14.3. The molecule has 426 valence electrons. The summed E-state index contributed by atoms with van der Waals surface area (Å²) in [6, 6.07) is -1.01. The summed E-state index contributed by atoms with van der Waals surface area (Å²) >= 11 is 0. The minimum atomic E-state index is -1.61. The number of aliphatic hydroxyl groups is 5. The first-order chi connectivity index (χ1) is 35.2. The summed E-state index contributed by atoms with van der Waals surface area (Å²) in [7, 11) is 0. The lowest BCUT2D eigenvalue weighted by atomic mass is 9.99. The van der Waals surface area contributed by atoms with Crippen LogP contribution in [0.25, 0.3) is 0 Å². The summed E-state index contributed by atoms with van der Waals surface area (Å²) in [4.78, 5) is 26.5. The van der Waals surface area contributed by atoms with Crippen molar-refractivity contribution in [2.75, 3.05) is 13.2 Å². The number of aliphatic hydroxyl groups excluding tert-OH is 5. The molecule has 1 rings (SSSR count). The molecule has 0 aliphatic carbocycles. The Morgan fingerprint density at radius 1 is 0.528 bits per heavy atom. The standard InChI is InChI=1S/C61H117NO10/c1-4-7-10-13-16-19-22-25-26-27-28-29-30-31-34-37-40-43-46-49-56(66)72-59-58(68)57(67)55(50-63)71-61(59)70-51-52(53(64)47-44-41-38-35-32-23-20-17-14-11-8-5-2)62-60(69)54(65)48-45-42-39-36-33-24-21-18-15-12-9-6-3/h44,47,52-55,57-59,61,63-65,67-68H,4-43,45-46,48-51H2,1-3H3,(H,62,69)/b47-44+. The summed E-state index contributed by atoms with van der Waals surface area (Å²) in [6.45, 7) is 5.81. The van der Waals surface area contributed by atoms with E-state index in [0.29, 0.717) is 19.3 Å². The van der Waals surface area contributed by atoms with Gasteiger partial charge in [0.25, 0.3) is 0 Å². The second-order valence-corrected chi connectivity index (χ2v) is 21.8. The Labute approximate surface area is 442 Å². The van der Waals surface area contributed by atoms with Crippen LogP contribution in [0.2, 0.25) is 0 Å². The minimum Gasteiger partial charge on any atom is -0.454 e. The van der Waals surface area contributed by atoms with E-state index in [1.807, 2.05) is 6.08 Å². The molecule has 6 N–H and O–H groups in total. The second kappa shape index (κ2) is 50.2. The molecular formula is C61H117NO10. The Bertz CT molecular complexity index is 1220. The van der Waals surface area contributed by atoms with Crippen LogP contribution in [0.3, 0.4) is 0 Å². The Morgan fingerprint density at radius 2 is 0.903 bits per heavy atom. The average molecular weight is 1020 g/mol. The van der Waals surface area contributed by atoms with E-state index < -0.39 is 67.4 Å². The van der Waals surface area contributed by atoms with E-state index in [9.17, 15) is 35.1 Å². The van der Waals surface area contributed by atoms with Crippen molar-refractivity contribution in [2.45, 2.75) is 352 Å². The van der Waals surface area contributed by atoms with Gasteiger partial charge in [-0.05, 0) is 25.7 Å². The maximum absolute atomic E-state index is 13.4. The maximum atomic E-state index is 13.4. The highest BCUT2D eigenvalue weighted by atomic mass is 16.7. The molecule has 72 heavy (non-hydrogen) atoms. The molecule has 0 aromatic rings. The van der Waals surface area contributed by atoms with Crippen molar-refractivity contribution in [1.29, 1.82) is 0 Å². The van der Waals surface area contributed by atoms with Gasteiger partial charge in [0, 0.05) is 6.42 Å². The number of unbranched alkanes of at least 4 members (excludes halogenated alkanes) is 39. The molecule has 0 aromatic heterocycles. The van der Waals surface area contributed by atoms with Gasteiger partial charge < -0.3 is 45.1 Å². The lowest BCUT2D eigenvalue weighted by molar-refractivity contribution is -0.305. The van der Waals surface area contributed by atoms with Crippen LogP contribution in [0, 0.1) is 0 Å². The molecule has 8 unspecified atom stereocenters. The maximum Gasteiger partial charge on any atom is 0.306 e. The number of carbonyl (C=O) groups is 2. The largest absolute Gasteiger partial charge is 0.454 e. The summed E-state index contributed by atoms with van der Waals surface area (Å²) in [5.41, 5.74) is 0. The van der Waals surface area contributed by atoms with Crippen LogP contribution >= 0.6 is 0 Å². The third-order valence-electron chi connectivity index (χ3n) is 14.9. The van der Waals surface area contributed by atoms with E-state index in [-0.39, 0.29) is 13.0 Å². The van der Waals surface area contributed by atoms with Crippen LogP contribution in [0.5, 0.6) is 0 Å². The van der Waals surface area contributed by atoms with Crippen molar-refractivity contribution in [1.82, 2.24) is 5.32 Å². The Hall–Kier alpha value is -1.60. The van der Waals surface area contributed by atoms with E-state index >= 15 is 0 Å². The fourth-order valence-corrected chi connectivity index (χ4v) is 10.0. The molecular weight excluding hydrogens is 907 g/mol. The SMILES string of the molecule is CCCCCCCCCCCC/C=C/C(O)C(COC1OC(CO)C(O)C(O)C1OC(=O)CCCCCCCCCCCCCCCCCCCCC)NC(=O)C(O)CCCCCCCCCCCCCC. The van der Waals surface area contributed by atoms with Gasteiger partial charge >= 0.3 is 5.97 Å². The van der Waals surface area contributed by atoms with Gasteiger partial charge in [0.2, 0.25) is 5.91 Å². The zero-order valence-electron chi connectivity index (χ0n) is 47.1. The molecule has 0 bridgehead atoms. The van der Waals surface area contributed by atoms with Crippen molar-refractivity contribution >= 4 is 11.9 Å². The molecule has 1 fully saturated rings. The number of rotatable bonds is 53. The van der Waals surface area contributed by atoms with Crippen molar-refractivity contribution in [3.63, 3.8) is 0 Å². The first kappa shape index (κ1) is 68.4. The normalized spacial score (nSPS) is 19.5. The smallest absolute Gasteiger partial charge is 0.306 e. The zero-order valence-corrected chi connectivity index (χ0v) is 47.1. The van der Waals surface area contributed by atoms with Gasteiger partial charge in [-0.2, -0.15) is 0 Å². The molecule has 0 aromatic carbocycles. The van der Waals surface area contributed by atoms with E-state index in [0.717, 1.165) is 57.8 Å². The lowest BCUT2D eigenvalue weighted by Crippen LogP contribution is -2.61. The predicted molar refractivity (Wildman–Crippen MR) is 297 cm³/mol. The highest BCUT2D eigenvalue weighted by Crippen LogP contribution is 2.26. The third-order valence-corrected chi connectivity index (χ3v) is 14.9. The van der Waals surface area contributed by atoms with Crippen molar-refractivity contribution < 1.29 is 49.3 Å². The van der Waals surface area contributed by atoms with Crippen molar-refractivity contribution in [3.05, 3.63) is 12.2 Å². The molecule has 1 aliphatic heterocycles. The second-order valence-electron chi connectivity index (χ2n) is 21.8. The van der Waals surface area contributed by atoms with Gasteiger partial charge in [0.15, 0.2) is 12.4 Å². The molecule has 8 atom stereocenters. The summed E-state index contributed by atoms with van der Waals surface area (Å²) < 4.78 is 17.6. The summed E-state index contributed by atoms with van der Waals surface area (Å²) in [5, 5.41) is 56.9. The minimum absolute atomic E-state index is 0.132. The monoisotopic (exact) mass is 1020 g/mol. The first-order valence-electron chi connectivity index (χ1n) is 31.0. The van der Waals surface area contributed by atoms with Gasteiger partial charge in [-0.1, -0.05) is 283 Å². The molecule has 1 aliphatic rings. The first-order valence-corrected chi connectivity index (χ1v) is 31.0. The molecule has 0 saturated carbocycles.